The Morgan fingerprint density at radius 3 is 2.46 bits per heavy atom. The predicted molar refractivity (Wildman–Crippen MR) is 109 cm³/mol. The molecule has 0 bridgehead atoms. The fraction of sp³-hybridized carbons (Fsp3) is 0.524. The van der Waals surface area contributed by atoms with Gasteiger partial charge in [0, 0.05) is 18.3 Å². The number of anilines is 2. The molecular weight excluding hydrogens is 324 g/mol. The van der Waals surface area contributed by atoms with Gasteiger partial charge in [-0.1, -0.05) is 38.5 Å². The number of benzene rings is 1. The van der Waals surface area contributed by atoms with Crippen molar-refractivity contribution < 1.29 is 4.74 Å². The zero-order valence-electron chi connectivity index (χ0n) is 16.3. The van der Waals surface area contributed by atoms with Crippen LogP contribution < -0.4 is 15.8 Å². The SMILES string of the molecule is CCCCNc1nc(N)ncc1CCCCc1cccc(CC)c1OC. The van der Waals surface area contributed by atoms with Crippen LogP contribution in [0.1, 0.15) is 56.2 Å². The second-order valence-electron chi connectivity index (χ2n) is 6.55. The van der Waals surface area contributed by atoms with Gasteiger partial charge in [-0.25, -0.2) is 4.98 Å². The van der Waals surface area contributed by atoms with Crippen molar-refractivity contribution in [1.29, 1.82) is 0 Å². The van der Waals surface area contributed by atoms with Crippen LogP contribution >= 0.6 is 0 Å². The van der Waals surface area contributed by atoms with E-state index in [1.165, 1.54) is 11.1 Å². The maximum absolute atomic E-state index is 5.75. The summed E-state index contributed by atoms with van der Waals surface area (Å²) in [5.41, 5.74) is 9.46. The van der Waals surface area contributed by atoms with Crippen LogP contribution in [0.4, 0.5) is 11.8 Å². The van der Waals surface area contributed by atoms with Gasteiger partial charge in [-0.3, -0.25) is 0 Å². The van der Waals surface area contributed by atoms with Crippen molar-refractivity contribution in [2.45, 2.75) is 58.8 Å². The standard InChI is InChI=1S/C21H32N4O/c1-4-6-14-23-20-18(15-24-21(22)25-20)11-8-7-10-17-13-9-12-16(5-2)19(17)26-3/h9,12-13,15H,4-8,10-11,14H2,1-3H3,(H3,22,23,24,25). The van der Waals surface area contributed by atoms with Crippen LogP contribution in [0.3, 0.4) is 0 Å². The maximum Gasteiger partial charge on any atom is 0.221 e. The van der Waals surface area contributed by atoms with E-state index in [0.29, 0.717) is 5.95 Å². The number of nitrogens with zero attached hydrogens (tertiary/aromatic N) is 2. The first-order valence-corrected chi connectivity index (χ1v) is 9.69. The summed E-state index contributed by atoms with van der Waals surface area (Å²) in [6, 6.07) is 6.44. The second kappa shape index (κ2) is 10.6. The van der Waals surface area contributed by atoms with Crippen molar-refractivity contribution in [3.05, 3.63) is 41.1 Å². The van der Waals surface area contributed by atoms with Crippen LogP contribution in [0.15, 0.2) is 24.4 Å². The van der Waals surface area contributed by atoms with Gasteiger partial charge in [0.05, 0.1) is 7.11 Å². The van der Waals surface area contributed by atoms with Crippen LogP contribution in [-0.2, 0) is 19.3 Å². The minimum Gasteiger partial charge on any atom is -0.496 e. The number of rotatable bonds is 11. The molecule has 5 nitrogen and oxygen atoms in total. The number of hydrogen-bond donors (Lipinski definition) is 2. The first-order chi connectivity index (χ1) is 12.7. The molecule has 1 aromatic heterocycles. The molecule has 142 valence electrons. The van der Waals surface area contributed by atoms with Gasteiger partial charge in [0.15, 0.2) is 0 Å². The highest BCUT2D eigenvalue weighted by Crippen LogP contribution is 2.26. The molecule has 26 heavy (non-hydrogen) atoms. The number of nitrogens with two attached hydrogens (primary N) is 1. The Bertz CT molecular complexity index is 688. The van der Waals surface area contributed by atoms with Gasteiger partial charge >= 0.3 is 0 Å². The molecule has 2 aromatic rings. The fourth-order valence-electron chi connectivity index (χ4n) is 3.15. The predicted octanol–water partition coefficient (Wildman–Crippen LogP) is 4.41. The Labute approximate surface area is 157 Å². The van der Waals surface area contributed by atoms with Crippen LogP contribution in [0, 0.1) is 0 Å². The van der Waals surface area contributed by atoms with E-state index in [0.717, 1.165) is 68.6 Å². The van der Waals surface area contributed by atoms with Crippen LogP contribution in [0.5, 0.6) is 5.75 Å². The topological polar surface area (TPSA) is 73.1 Å². The Morgan fingerprint density at radius 2 is 1.77 bits per heavy atom. The van der Waals surface area contributed by atoms with Crippen molar-refractivity contribution in [3.63, 3.8) is 0 Å². The van der Waals surface area contributed by atoms with Gasteiger partial charge in [-0.05, 0) is 49.7 Å². The average Bonchev–Trinajstić information content (AvgIpc) is 2.66. The third-order valence-electron chi connectivity index (χ3n) is 4.61. The smallest absolute Gasteiger partial charge is 0.221 e. The molecule has 0 fully saturated rings. The summed E-state index contributed by atoms with van der Waals surface area (Å²) in [6.07, 6.45) is 9.27. The maximum atomic E-state index is 5.75. The second-order valence-corrected chi connectivity index (χ2v) is 6.55. The molecule has 0 amide bonds. The van der Waals surface area contributed by atoms with Crippen molar-refractivity contribution in [2.24, 2.45) is 0 Å². The molecule has 0 aliphatic heterocycles. The quantitative estimate of drug-likeness (QED) is 0.584. The van der Waals surface area contributed by atoms with Crippen molar-refractivity contribution in [2.75, 3.05) is 24.7 Å². The monoisotopic (exact) mass is 356 g/mol. The zero-order chi connectivity index (χ0) is 18.8. The summed E-state index contributed by atoms with van der Waals surface area (Å²) >= 11 is 0. The molecular formula is C21H32N4O. The fourth-order valence-corrected chi connectivity index (χ4v) is 3.15. The van der Waals surface area contributed by atoms with E-state index < -0.39 is 0 Å². The summed E-state index contributed by atoms with van der Waals surface area (Å²) in [4.78, 5) is 8.53. The largest absolute Gasteiger partial charge is 0.496 e. The number of para-hydroxylation sites is 1. The van der Waals surface area contributed by atoms with Gasteiger partial charge in [-0.2, -0.15) is 4.98 Å². The average molecular weight is 357 g/mol. The molecule has 0 atom stereocenters. The van der Waals surface area contributed by atoms with Crippen LogP contribution in [-0.4, -0.2) is 23.6 Å². The molecule has 2 rings (SSSR count). The van der Waals surface area contributed by atoms with E-state index in [2.05, 4.69) is 47.3 Å². The summed E-state index contributed by atoms with van der Waals surface area (Å²) in [5, 5.41) is 3.40. The highest BCUT2D eigenvalue weighted by atomic mass is 16.5. The van der Waals surface area contributed by atoms with E-state index in [-0.39, 0.29) is 0 Å². The molecule has 0 spiro atoms. The first-order valence-electron chi connectivity index (χ1n) is 9.69. The minimum absolute atomic E-state index is 0.328. The van der Waals surface area contributed by atoms with E-state index in [9.17, 15) is 0 Å². The molecule has 1 aromatic carbocycles. The summed E-state index contributed by atoms with van der Waals surface area (Å²) in [6.45, 7) is 5.26. The number of nitrogen functional groups attached to an aromatic ring is 1. The molecule has 1 heterocycles. The molecule has 3 N–H and O–H groups in total. The van der Waals surface area contributed by atoms with E-state index in [1.807, 2.05) is 6.20 Å². The number of ether oxygens (including phenoxy) is 1. The normalized spacial score (nSPS) is 10.7. The molecule has 0 saturated heterocycles. The summed E-state index contributed by atoms with van der Waals surface area (Å²) in [5.74, 6) is 2.26. The van der Waals surface area contributed by atoms with Crippen molar-refractivity contribution >= 4 is 11.8 Å². The lowest BCUT2D eigenvalue weighted by atomic mass is 10.0. The van der Waals surface area contributed by atoms with Gasteiger partial charge in [0.2, 0.25) is 5.95 Å². The minimum atomic E-state index is 0.328. The molecule has 0 radical (unpaired) electrons. The summed E-state index contributed by atoms with van der Waals surface area (Å²) < 4.78 is 5.63. The Balaban J connectivity index is 1.92. The highest BCUT2D eigenvalue weighted by molar-refractivity contribution is 5.46. The first kappa shape index (κ1) is 20.0. The van der Waals surface area contributed by atoms with Gasteiger partial charge in [0.25, 0.3) is 0 Å². The number of methoxy groups -OCH3 is 1. The van der Waals surface area contributed by atoms with E-state index >= 15 is 0 Å². The Hall–Kier alpha value is -2.30. The number of unbranched alkanes of at least 4 members (excludes halogenated alkanes) is 2. The number of nitrogens with one attached hydrogen (secondary N) is 1. The lowest BCUT2D eigenvalue weighted by Gasteiger charge is -2.13. The molecule has 0 unspecified atom stereocenters. The highest BCUT2D eigenvalue weighted by Gasteiger charge is 2.09. The van der Waals surface area contributed by atoms with Gasteiger partial charge in [-0.15, -0.1) is 0 Å². The molecule has 0 saturated carbocycles. The van der Waals surface area contributed by atoms with Gasteiger partial charge < -0.3 is 15.8 Å². The Morgan fingerprint density at radius 1 is 1.04 bits per heavy atom. The molecule has 0 aliphatic carbocycles. The lowest BCUT2D eigenvalue weighted by molar-refractivity contribution is 0.404. The number of aryl methyl sites for hydroxylation is 3. The van der Waals surface area contributed by atoms with Crippen LogP contribution in [0.25, 0.3) is 0 Å². The lowest BCUT2D eigenvalue weighted by Crippen LogP contribution is -2.09. The van der Waals surface area contributed by atoms with Gasteiger partial charge in [0.1, 0.15) is 11.6 Å². The van der Waals surface area contributed by atoms with E-state index in [1.54, 1.807) is 7.11 Å². The number of hydrogen-bond acceptors (Lipinski definition) is 5. The summed E-state index contributed by atoms with van der Waals surface area (Å²) in [7, 11) is 1.76. The third kappa shape index (κ3) is 5.61. The van der Waals surface area contributed by atoms with Crippen LogP contribution in [0.2, 0.25) is 0 Å². The van der Waals surface area contributed by atoms with E-state index in [4.69, 9.17) is 10.5 Å². The molecule has 5 heteroatoms. The van der Waals surface area contributed by atoms with Crippen molar-refractivity contribution in [3.8, 4) is 5.75 Å². The van der Waals surface area contributed by atoms with Crippen molar-refractivity contribution in [1.82, 2.24) is 9.97 Å². The third-order valence-corrected chi connectivity index (χ3v) is 4.61. The molecule has 0 aliphatic rings. The number of aromatic nitrogens is 2. The Kier molecular flexibility index (Phi) is 8.19. The zero-order valence-corrected chi connectivity index (χ0v) is 16.3.